The van der Waals surface area contributed by atoms with Crippen LogP contribution >= 0.6 is 11.3 Å². The highest BCUT2D eigenvalue weighted by atomic mass is 32.1. The van der Waals surface area contributed by atoms with Crippen LogP contribution in [0.15, 0.2) is 36.1 Å². The predicted octanol–water partition coefficient (Wildman–Crippen LogP) is 2.17. The van der Waals surface area contributed by atoms with Crippen molar-refractivity contribution in [3.8, 4) is 11.4 Å². The lowest BCUT2D eigenvalue weighted by atomic mass is 10.0. The van der Waals surface area contributed by atoms with Gasteiger partial charge in [0.25, 0.3) is 5.91 Å². The van der Waals surface area contributed by atoms with E-state index in [0.29, 0.717) is 22.5 Å². The monoisotopic (exact) mass is 384 g/mol. The predicted molar refractivity (Wildman–Crippen MR) is 102 cm³/mol. The van der Waals surface area contributed by atoms with Gasteiger partial charge in [-0.05, 0) is 25.5 Å². The summed E-state index contributed by atoms with van der Waals surface area (Å²) in [7, 11) is 0. The fraction of sp³-hybridized carbons (Fsp3) is 0.263. The molecular formula is C19H20N4O3S. The number of aliphatic hydroxyl groups excluding tert-OH is 2. The quantitative estimate of drug-likeness (QED) is 0.601. The van der Waals surface area contributed by atoms with Crippen LogP contribution in [0.5, 0.6) is 0 Å². The zero-order valence-electron chi connectivity index (χ0n) is 15.0. The number of amides is 1. The molecule has 0 aliphatic rings. The number of nitrogens with one attached hydrogen (secondary N) is 1. The van der Waals surface area contributed by atoms with E-state index in [4.69, 9.17) is 5.11 Å². The number of hydrogen-bond acceptors (Lipinski definition) is 7. The number of aliphatic hydroxyl groups is 2. The van der Waals surface area contributed by atoms with Gasteiger partial charge in [-0.3, -0.25) is 4.79 Å². The van der Waals surface area contributed by atoms with Crippen LogP contribution in [0.3, 0.4) is 0 Å². The molecule has 27 heavy (non-hydrogen) atoms. The maximum atomic E-state index is 12.6. The number of aryl methyl sites for hydroxylation is 2. The molecule has 8 heteroatoms. The van der Waals surface area contributed by atoms with Gasteiger partial charge in [-0.2, -0.15) is 0 Å². The van der Waals surface area contributed by atoms with E-state index in [1.54, 1.807) is 24.0 Å². The Hall–Kier alpha value is -2.68. The van der Waals surface area contributed by atoms with Crippen LogP contribution in [-0.2, 0) is 6.61 Å². The molecule has 3 aromatic rings. The standard InChI is InChI=1S/C19H20N4O3S/c1-11-3-4-14(18-20-6-13(9-24)7-21-18)5-15(11)19(26)22-8-16(25)17-12(2)23-10-27-17/h3-7,10,16,24-25H,8-9H2,1-2H3,(H,22,26)/t16-/m1/s1. The number of carbonyl (C=O) groups excluding carboxylic acids is 1. The van der Waals surface area contributed by atoms with Gasteiger partial charge in [-0.25, -0.2) is 15.0 Å². The smallest absolute Gasteiger partial charge is 0.251 e. The van der Waals surface area contributed by atoms with Crippen molar-refractivity contribution < 1.29 is 15.0 Å². The van der Waals surface area contributed by atoms with Gasteiger partial charge >= 0.3 is 0 Å². The third-order valence-electron chi connectivity index (χ3n) is 4.17. The SMILES string of the molecule is Cc1ccc(-c2ncc(CO)cn2)cc1C(=O)NC[C@@H](O)c1scnc1C. The molecule has 2 heterocycles. The summed E-state index contributed by atoms with van der Waals surface area (Å²) in [5.74, 6) is 0.198. The summed E-state index contributed by atoms with van der Waals surface area (Å²) in [6.45, 7) is 3.65. The Morgan fingerprint density at radius 1 is 1.22 bits per heavy atom. The van der Waals surface area contributed by atoms with Crippen molar-refractivity contribution in [2.24, 2.45) is 0 Å². The molecular weight excluding hydrogens is 364 g/mol. The van der Waals surface area contributed by atoms with Crippen LogP contribution in [0.1, 0.15) is 38.2 Å². The molecule has 2 aromatic heterocycles. The molecule has 1 aromatic carbocycles. The van der Waals surface area contributed by atoms with Crippen LogP contribution in [0.25, 0.3) is 11.4 Å². The Morgan fingerprint density at radius 2 is 1.96 bits per heavy atom. The Kier molecular flexibility index (Phi) is 5.90. The molecule has 7 nitrogen and oxygen atoms in total. The van der Waals surface area contributed by atoms with E-state index in [9.17, 15) is 9.90 Å². The van der Waals surface area contributed by atoms with Gasteiger partial charge in [-0.15, -0.1) is 11.3 Å². The zero-order chi connectivity index (χ0) is 19.4. The van der Waals surface area contributed by atoms with Gasteiger partial charge < -0.3 is 15.5 Å². The van der Waals surface area contributed by atoms with Crippen molar-refractivity contribution in [3.63, 3.8) is 0 Å². The molecule has 140 valence electrons. The minimum Gasteiger partial charge on any atom is -0.392 e. The van der Waals surface area contributed by atoms with Crippen molar-refractivity contribution in [2.45, 2.75) is 26.6 Å². The number of aromatic nitrogens is 3. The average Bonchev–Trinajstić information content (AvgIpc) is 3.12. The van der Waals surface area contributed by atoms with E-state index in [-0.39, 0.29) is 19.1 Å². The molecule has 0 radical (unpaired) electrons. The first-order valence-corrected chi connectivity index (χ1v) is 9.26. The van der Waals surface area contributed by atoms with Crippen LogP contribution in [0, 0.1) is 13.8 Å². The summed E-state index contributed by atoms with van der Waals surface area (Å²) in [5, 5.41) is 22.1. The third kappa shape index (κ3) is 4.36. The van der Waals surface area contributed by atoms with E-state index < -0.39 is 6.10 Å². The lowest BCUT2D eigenvalue weighted by molar-refractivity contribution is 0.0917. The molecule has 1 atom stereocenters. The highest BCUT2D eigenvalue weighted by molar-refractivity contribution is 7.09. The molecule has 0 saturated carbocycles. The van der Waals surface area contributed by atoms with E-state index in [1.807, 2.05) is 26.0 Å². The molecule has 1 amide bonds. The highest BCUT2D eigenvalue weighted by Gasteiger charge is 2.16. The second-order valence-electron chi connectivity index (χ2n) is 6.13. The molecule has 0 aliphatic carbocycles. The minimum atomic E-state index is -0.792. The van der Waals surface area contributed by atoms with E-state index in [1.165, 1.54) is 11.3 Å². The Bertz CT molecular complexity index is 940. The summed E-state index contributed by atoms with van der Waals surface area (Å²) in [5.41, 5.74) is 5.07. The number of thiazole rings is 1. The number of carbonyl (C=O) groups is 1. The number of benzene rings is 1. The van der Waals surface area contributed by atoms with Crippen molar-refractivity contribution in [1.82, 2.24) is 20.3 Å². The van der Waals surface area contributed by atoms with Crippen LogP contribution in [0.2, 0.25) is 0 Å². The molecule has 0 spiro atoms. The molecule has 0 unspecified atom stereocenters. The average molecular weight is 384 g/mol. The van der Waals surface area contributed by atoms with Gasteiger partial charge in [0, 0.05) is 35.6 Å². The molecule has 3 rings (SSSR count). The summed E-state index contributed by atoms with van der Waals surface area (Å²) < 4.78 is 0. The number of rotatable bonds is 6. The molecule has 0 fully saturated rings. The fourth-order valence-electron chi connectivity index (χ4n) is 2.60. The lowest BCUT2D eigenvalue weighted by Gasteiger charge is -2.13. The van der Waals surface area contributed by atoms with Crippen molar-refractivity contribution in [3.05, 3.63) is 63.4 Å². The first kappa shape index (κ1) is 19.1. The topological polar surface area (TPSA) is 108 Å². The second kappa shape index (κ2) is 8.34. The Labute approximate surface area is 160 Å². The first-order chi connectivity index (χ1) is 13.0. The Balaban J connectivity index is 1.75. The van der Waals surface area contributed by atoms with Gasteiger partial charge in [0.05, 0.1) is 22.7 Å². The van der Waals surface area contributed by atoms with Crippen molar-refractivity contribution in [1.29, 1.82) is 0 Å². The van der Waals surface area contributed by atoms with Gasteiger partial charge in [-0.1, -0.05) is 12.1 Å². The summed E-state index contributed by atoms with van der Waals surface area (Å²) in [6.07, 6.45) is 2.31. The maximum Gasteiger partial charge on any atom is 0.251 e. The zero-order valence-corrected chi connectivity index (χ0v) is 15.8. The fourth-order valence-corrected chi connectivity index (χ4v) is 3.39. The van der Waals surface area contributed by atoms with Crippen LogP contribution < -0.4 is 5.32 Å². The van der Waals surface area contributed by atoms with Crippen molar-refractivity contribution in [2.75, 3.05) is 6.54 Å². The largest absolute Gasteiger partial charge is 0.392 e. The van der Waals surface area contributed by atoms with Crippen LogP contribution in [0.4, 0.5) is 0 Å². The van der Waals surface area contributed by atoms with Gasteiger partial charge in [0.15, 0.2) is 5.82 Å². The van der Waals surface area contributed by atoms with E-state index in [2.05, 4.69) is 20.3 Å². The summed E-state index contributed by atoms with van der Waals surface area (Å²) in [4.78, 5) is 25.9. The molecule has 0 saturated heterocycles. The van der Waals surface area contributed by atoms with Crippen LogP contribution in [-0.4, -0.2) is 37.6 Å². The minimum absolute atomic E-state index is 0.104. The molecule has 0 aliphatic heterocycles. The maximum absolute atomic E-state index is 12.6. The third-order valence-corrected chi connectivity index (χ3v) is 5.20. The van der Waals surface area contributed by atoms with Gasteiger partial charge in [0.2, 0.25) is 0 Å². The normalized spacial score (nSPS) is 12.0. The number of nitrogens with zero attached hydrogens (tertiary/aromatic N) is 3. The summed E-state index contributed by atoms with van der Waals surface area (Å²) in [6, 6.07) is 5.40. The number of hydrogen-bond donors (Lipinski definition) is 3. The van der Waals surface area contributed by atoms with E-state index >= 15 is 0 Å². The van der Waals surface area contributed by atoms with E-state index in [0.717, 1.165) is 16.1 Å². The first-order valence-electron chi connectivity index (χ1n) is 8.38. The van der Waals surface area contributed by atoms with Crippen molar-refractivity contribution >= 4 is 17.2 Å². The summed E-state index contributed by atoms with van der Waals surface area (Å²) >= 11 is 1.36. The second-order valence-corrected chi connectivity index (χ2v) is 7.02. The molecule has 0 bridgehead atoms. The highest BCUT2D eigenvalue weighted by Crippen LogP contribution is 2.22. The Morgan fingerprint density at radius 3 is 2.59 bits per heavy atom. The lowest BCUT2D eigenvalue weighted by Crippen LogP contribution is -2.29. The molecule has 3 N–H and O–H groups in total. The van der Waals surface area contributed by atoms with Gasteiger partial charge in [0.1, 0.15) is 6.10 Å².